The second-order valence-electron chi connectivity index (χ2n) is 4.28. The average molecular weight is 278 g/mol. The van der Waals surface area contributed by atoms with Crippen molar-refractivity contribution in [2.24, 2.45) is 0 Å². The van der Waals surface area contributed by atoms with Crippen LogP contribution in [0.25, 0.3) is 10.9 Å². The fraction of sp³-hybridized carbons (Fsp3) is 0.357. The standard InChI is InChI=1S/C14H16BrN/c1-5-13-10(4)9(3)11-7-12(15)8(2)6-14(11)16-13/h6-7H,5H2,1-4H3. The van der Waals surface area contributed by atoms with Gasteiger partial charge in [0.1, 0.15) is 0 Å². The summed E-state index contributed by atoms with van der Waals surface area (Å²) in [4.78, 5) is 4.74. The minimum Gasteiger partial charge on any atom is -0.253 e. The zero-order chi connectivity index (χ0) is 11.9. The van der Waals surface area contributed by atoms with Gasteiger partial charge in [-0.25, -0.2) is 0 Å². The van der Waals surface area contributed by atoms with Crippen molar-refractivity contribution in [2.75, 3.05) is 0 Å². The second-order valence-corrected chi connectivity index (χ2v) is 5.13. The number of hydrogen-bond donors (Lipinski definition) is 0. The summed E-state index contributed by atoms with van der Waals surface area (Å²) in [5, 5.41) is 1.26. The molecule has 0 radical (unpaired) electrons. The maximum absolute atomic E-state index is 4.74. The van der Waals surface area contributed by atoms with Crippen LogP contribution < -0.4 is 0 Å². The summed E-state index contributed by atoms with van der Waals surface area (Å²) in [6, 6.07) is 4.34. The van der Waals surface area contributed by atoms with E-state index in [0.717, 1.165) is 16.4 Å². The zero-order valence-electron chi connectivity index (χ0n) is 10.2. The molecule has 1 aromatic heterocycles. The van der Waals surface area contributed by atoms with Gasteiger partial charge in [0.2, 0.25) is 0 Å². The molecule has 2 rings (SSSR count). The first-order valence-electron chi connectivity index (χ1n) is 5.60. The Bertz CT molecular complexity index is 558. The molecule has 0 aliphatic carbocycles. The first-order chi connectivity index (χ1) is 7.54. The smallest absolute Gasteiger partial charge is 0.0711 e. The molecule has 0 saturated carbocycles. The molecular weight excluding hydrogens is 262 g/mol. The van der Waals surface area contributed by atoms with Crippen LogP contribution in [0.3, 0.4) is 0 Å². The molecule has 1 heterocycles. The molecule has 1 aromatic carbocycles. The number of fused-ring (bicyclic) bond motifs is 1. The molecule has 2 heteroatoms. The van der Waals surface area contributed by atoms with Gasteiger partial charge in [-0.2, -0.15) is 0 Å². The Morgan fingerprint density at radius 3 is 2.44 bits per heavy atom. The normalized spacial score (nSPS) is 11.1. The number of nitrogens with zero attached hydrogens (tertiary/aromatic N) is 1. The topological polar surface area (TPSA) is 12.9 Å². The third-order valence-electron chi connectivity index (χ3n) is 3.27. The van der Waals surface area contributed by atoms with E-state index in [9.17, 15) is 0 Å². The van der Waals surface area contributed by atoms with Crippen molar-refractivity contribution in [1.29, 1.82) is 0 Å². The van der Waals surface area contributed by atoms with Gasteiger partial charge >= 0.3 is 0 Å². The van der Waals surface area contributed by atoms with Crippen molar-refractivity contribution in [1.82, 2.24) is 4.98 Å². The molecular formula is C14H16BrN. The summed E-state index contributed by atoms with van der Waals surface area (Å²) in [5.74, 6) is 0. The van der Waals surface area contributed by atoms with Crippen LogP contribution in [0.15, 0.2) is 16.6 Å². The molecule has 0 atom stereocenters. The molecule has 1 nitrogen and oxygen atoms in total. The number of aryl methyl sites for hydroxylation is 3. The molecule has 0 unspecified atom stereocenters. The van der Waals surface area contributed by atoms with Gasteiger partial charge in [0, 0.05) is 15.6 Å². The molecule has 0 aliphatic heterocycles. The first-order valence-corrected chi connectivity index (χ1v) is 6.39. The number of hydrogen-bond acceptors (Lipinski definition) is 1. The highest BCUT2D eigenvalue weighted by atomic mass is 79.9. The van der Waals surface area contributed by atoms with Crippen molar-refractivity contribution in [3.05, 3.63) is 39.0 Å². The molecule has 2 aromatic rings. The van der Waals surface area contributed by atoms with Crippen molar-refractivity contribution in [2.45, 2.75) is 34.1 Å². The predicted octanol–water partition coefficient (Wildman–Crippen LogP) is 4.48. The Labute approximate surface area is 105 Å². The highest BCUT2D eigenvalue weighted by Gasteiger charge is 2.08. The average Bonchev–Trinajstić information content (AvgIpc) is 2.26. The van der Waals surface area contributed by atoms with E-state index in [1.807, 2.05) is 0 Å². The van der Waals surface area contributed by atoms with Gasteiger partial charge in [0.15, 0.2) is 0 Å². The highest BCUT2D eigenvalue weighted by Crippen LogP contribution is 2.28. The van der Waals surface area contributed by atoms with Crippen LogP contribution in [0.2, 0.25) is 0 Å². The van der Waals surface area contributed by atoms with E-state index < -0.39 is 0 Å². The predicted molar refractivity (Wildman–Crippen MR) is 73.0 cm³/mol. The summed E-state index contributed by atoms with van der Waals surface area (Å²) in [6.07, 6.45) is 0.998. The lowest BCUT2D eigenvalue weighted by atomic mass is 10.0. The number of aromatic nitrogens is 1. The molecule has 0 aliphatic rings. The SMILES string of the molecule is CCc1nc2cc(C)c(Br)cc2c(C)c1C. The van der Waals surface area contributed by atoms with Crippen LogP contribution in [0.5, 0.6) is 0 Å². The van der Waals surface area contributed by atoms with Crippen molar-refractivity contribution >= 4 is 26.8 Å². The maximum atomic E-state index is 4.74. The van der Waals surface area contributed by atoms with Gasteiger partial charge < -0.3 is 0 Å². The lowest BCUT2D eigenvalue weighted by molar-refractivity contribution is 1.02. The van der Waals surface area contributed by atoms with E-state index in [2.05, 4.69) is 55.8 Å². The van der Waals surface area contributed by atoms with Gasteiger partial charge in [-0.05, 0) is 56.0 Å². The number of rotatable bonds is 1. The summed E-state index contributed by atoms with van der Waals surface area (Å²) >= 11 is 3.58. The fourth-order valence-corrected chi connectivity index (χ4v) is 2.39. The molecule has 0 fully saturated rings. The number of benzene rings is 1. The van der Waals surface area contributed by atoms with E-state index >= 15 is 0 Å². The Hall–Kier alpha value is -0.890. The molecule has 0 spiro atoms. The maximum Gasteiger partial charge on any atom is 0.0711 e. The molecule has 0 amide bonds. The van der Waals surface area contributed by atoms with Crippen molar-refractivity contribution in [3.8, 4) is 0 Å². The lowest BCUT2D eigenvalue weighted by Crippen LogP contribution is -1.97. The van der Waals surface area contributed by atoms with Crippen LogP contribution in [0.1, 0.15) is 29.3 Å². The van der Waals surface area contributed by atoms with E-state index in [4.69, 9.17) is 4.98 Å². The second kappa shape index (κ2) is 4.17. The van der Waals surface area contributed by atoms with Gasteiger partial charge in [0.25, 0.3) is 0 Å². The summed E-state index contributed by atoms with van der Waals surface area (Å²) in [7, 11) is 0. The molecule has 0 N–H and O–H groups in total. The lowest BCUT2D eigenvalue weighted by Gasteiger charge is -2.11. The summed E-state index contributed by atoms with van der Waals surface area (Å²) < 4.78 is 1.16. The summed E-state index contributed by atoms with van der Waals surface area (Å²) in [6.45, 7) is 8.60. The number of pyridine rings is 1. The van der Waals surface area contributed by atoms with Gasteiger partial charge in [0.05, 0.1) is 5.52 Å². The molecule has 0 bridgehead atoms. The van der Waals surface area contributed by atoms with Crippen LogP contribution >= 0.6 is 15.9 Å². The van der Waals surface area contributed by atoms with Gasteiger partial charge in [-0.15, -0.1) is 0 Å². The van der Waals surface area contributed by atoms with Crippen LogP contribution in [-0.2, 0) is 6.42 Å². The third kappa shape index (κ3) is 1.75. The number of halogens is 1. The third-order valence-corrected chi connectivity index (χ3v) is 4.12. The monoisotopic (exact) mass is 277 g/mol. The fourth-order valence-electron chi connectivity index (χ4n) is 2.05. The minimum atomic E-state index is 0.998. The van der Waals surface area contributed by atoms with Gasteiger partial charge in [-0.3, -0.25) is 4.98 Å². The quantitative estimate of drug-likeness (QED) is 0.749. The summed E-state index contributed by atoms with van der Waals surface area (Å²) in [5.41, 5.74) is 6.24. The minimum absolute atomic E-state index is 0.998. The Morgan fingerprint density at radius 1 is 1.12 bits per heavy atom. The van der Waals surface area contributed by atoms with E-state index in [1.165, 1.54) is 27.8 Å². The molecule has 0 saturated heterocycles. The Morgan fingerprint density at radius 2 is 1.81 bits per heavy atom. The van der Waals surface area contributed by atoms with E-state index in [-0.39, 0.29) is 0 Å². The van der Waals surface area contributed by atoms with E-state index in [1.54, 1.807) is 0 Å². The Balaban J connectivity index is 2.87. The first kappa shape index (κ1) is 11.6. The largest absolute Gasteiger partial charge is 0.253 e. The molecule has 16 heavy (non-hydrogen) atoms. The van der Waals surface area contributed by atoms with Gasteiger partial charge in [-0.1, -0.05) is 22.9 Å². The van der Waals surface area contributed by atoms with Crippen LogP contribution in [0, 0.1) is 20.8 Å². The van der Waals surface area contributed by atoms with Crippen molar-refractivity contribution in [3.63, 3.8) is 0 Å². The molecule has 84 valence electrons. The zero-order valence-corrected chi connectivity index (χ0v) is 11.8. The highest BCUT2D eigenvalue weighted by molar-refractivity contribution is 9.10. The Kier molecular flexibility index (Phi) is 3.02. The van der Waals surface area contributed by atoms with Crippen molar-refractivity contribution < 1.29 is 0 Å². The van der Waals surface area contributed by atoms with Crippen LogP contribution in [-0.4, -0.2) is 4.98 Å². The van der Waals surface area contributed by atoms with Crippen LogP contribution in [0.4, 0.5) is 0 Å². The van der Waals surface area contributed by atoms with E-state index in [0.29, 0.717) is 0 Å².